The number of benzene rings is 1. The second kappa shape index (κ2) is 3.77. The molecular weight excluding hydrogens is 148 g/mol. The van der Waals surface area contributed by atoms with E-state index in [0.29, 0.717) is 5.75 Å². The van der Waals surface area contributed by atoms with Crippen LogP contribution >= 0.6 is 0 Å². The van der Waals surface area contributed by atoms with Gasteiger partial charge in [0.1, 0.15) is 5.75 Å². The van der Waals surface area contributed by atoms with Crippen molar-refractivity contribution in [1.29, 1.82) is 0 Å². The molecule has 0 aliphatic rings. The Kier molecular flexibility index (Phi) is 2.70. The van der Waals surface area contributed by atoms with Gasteiger partial charge in [-0.05, 0) is 24.6 Å². The predicted molar refractivity (Wildman–Crippen MR) is 52.9 cm³/mol. The minimum Gasteiger partial charge on any atom is -0.507 e. The fourth-order valence-corrected chi connectivity index (χ4v) is 1.01. The minimum atomic E-state index is 0.304. The van der Waals surface area contributed by atoms with E-state index >= 15 is 0 Å². The molecule has 0 fully saturated rings. The van der Waals surface area contributed by atoms with Gasteiger partial charge in [-0.2, -0.15) is 0 Å². The van der Waals surface area contributed by atoms with E-state index in [0.717, 1.165) is 11.1 Å². The van der Waals surface area contributed by atoms with Gasteiger partial charge in [0.05, 0.1) is 0 Å². The molecule has 0 aliphatic carbocycles. The van der Waals surface area contributed by atoms with Gasteiger partial charge >= 0.3 is 0 Å². The molecule has 0 unspecified atom stereocenters. The quantitative estimate of drug-likeness (QED) is 0.704. The molecule has 0 aliphatic heterocycles. The maximum absolute atomic E-state index is 9.38. The molecule has 12 heavy (non-hydrogen) atoms. The Balaban J connectivity index is 3.16. The monoisotopic (exact) mass is 160 g/mol. The second-order valence-electron chi connectivity index (χ2n) is 2.52. The van der Waals surface area contributed by atoms with Crippen LogP contribution < -0.4 is 0 Å². The number of hydrogen-bond donors (Lipinski definition) is 1. The lowest BCUT2D eigenvalue weighted by Crippen LogP contribution is -1.76. The highest BCUT2D eigenvalue weighted by Gasteiger charge is 1.95. The first-order chi connectivity index (χ1) is 5.77. The number of hydrogen-bond acceptors (Lipinski definition) is 1. The van der Waals surface area contributed by atoms with Gasteiger partial charge in [-0.25, -0.2) is 0 Å². The Morgan fingerprint density at radius 1 is 1.42 bits per heavy atom. The summed E-state index contributed by atoms with van der Waals surface area (Å²) >= 11 is 0. The number of aromatic hydroxyl groups is 1. The maximum Gasteiger partial charge on any atom is 0.122 e. The summed E-state index contributed by atoms with van der Waals surface area (Å²) in [5.41, 5.74) is 1.84. The van der Waals surface area contributed by atoms with E-state index in [-0.39, 0.29) is 0 Å². The summed E-state index contributed by atoms with van der Waals surface area (Å²) in [4.78, 5) is 0. The highest BCUT2D eigenvalue weighted by atomic mass is 16.3. The minimum absolute atomic E-state index is 0.304. The van der Waals surface area contributed by atoms with Crippen molar-refractivity contribution in [3.63, 3.8) is 0 Å². The van der Waals surface area contributed by atoms with E-state index in [1.54, 1.807) is 12.1 Å². The molecule has 0 saturated carbocycles. The van der Waals surface area contributed by atoms with E-state index < -0.39 is 0 Å². The zero-order valence-electron chi connectivity index (χ0n) is 7.12. The molecule has 1 aromatic rings. The number of rotatable bonds is 2. The molecule has 0 bridgehead atoms. The van der Waals surface area contributed by atoms with Gasteiger partial charge in [-0.3, -0.25) is 0 Å². The zero-order valence-corrected chi connectivity index (χ0v) is 7.12. The topological polar surface area (TPSA) is 20.2 Å². The number of phenolic OH excluding ortho intramolecular Hbond substituents is 1. The van der Waals surface area contributed by atoms with Crippen LogP contribution in [-0.4, -0.2) is 5.11 Å². The molecule has 0 heterocycles. The van der Waals surface area contributed by atoms with Crippen molar-refractivity contribution in [3.8, 4) is 5.75 Å². The van der Waals surface area contributed by atoms with Crippen LogP contribution in [0.4, 0.5) is 0 Å². The van der Waals surface area contributed by atoms with E-state index in [1.165, 1.54) is 0 Å². The third kappa shape index (κ3) is 1.76. The average molecular weight is 160 g/mol. The van der Waals surface area contributed by atoms with Gasteiger partial charge < -0.3 is 5.11 Å². The van der Waals surface area contributed by atoms with E-state index in [1.807, 2.05) is 31.2 Å². The Bertz CT molecular complexity index is 311. The summed E-state index contributed by atoms with van der Waals surface area (Å²) in [5.74, 6) is 0.304. The van der Waals surface area contributed by atoms with Gasteiger partial charge in [0.15, 0.2) is 0 Å². The largest absolute Gasteiger partial charge is 0.507 e. The standard InChI is InChI=1S/C11H12O/c1-3-5-10-8-9(4-2)6-7-11(10)12/h3-8,12H,2H2,1H3/b5-3-. The summed E-state index contributed by atoms with van der Waals surface area (Å²) in [6.45, 7) is 5.57. The molecule has 1 rings (SSSR count). The van der Waals surface area contributed by atoms with Crippen molar-refractivity contribution in [2.24, 2.45) is 0 Å². The Morgan fingerprint density at radius 3 is 2.75 bits per heavy atom. The zero-order chi connectivity index (χ0) is 8.97. The predicted octanol–water partition coefficient (Wildman–Crippen LogP) is 3.07. The van der Waals surface area contributed by atoms with Crippen LogP contribution in [0.2, 0.25) is 0 Å². The summed E-state index contributed by atoms with van der Waals surface area (Å²) in [6.07, 6.45) is 5.51. The first kappa shape index (κ1) is 8.60. The number of allylic oxidation sites excluding steroid dienone is 1. The van der Waals surface area contributed by atoms with Crippen molar-refractivity contribution in [2.45, 2.75) is 6.92 Å². The van der Waals surface area contributed by atoms with E-state index in [4.69, 9.17) is 0 Å². The van der Waals surface area contributed by atoms with Crippen LogP contribution in [0.25, 0.3) is 12.2 Å². The summed E-state index contributed by atoms with van der Waals surface area (Å²) in [7, 11) is 0. The number of phenols is 1. The Labute approximate surface area is 72.7 Å². The fraction of sp³-hybridized carbons (Fsp3) is 0.0909. The van der Waals surface area contributed by atoms with Crippen molar-refractivity contribution < 1.29 is 5.11 Å². The van der Waals surface area contributed by atoms with Gasteiger partial charge in [-0.15, -0.1) is 0 Å². The third-order valence-electron chi connectivity index (χ3n) is 1.63. The van der Waals surface area contributed by atoms with Crippen molar-refractivity contribution in [1.82, 2.24) is 0 Å². The molecular formula is C11H12O. The molecule has 0 spiro atoms. The summed E-state index contributed by atoms with van der Waals surface area (Å²) in [6, 6.07) is 5.39. The molecule has 1 nitrogen and oxygen atoms in total. The van der Waals surface area contributed by atoms with Crippen LogP contribution in [0.3, 0.4) is 0 Å². The lowest BCUT2D eigenvalue weighted by Gasteiger charge is -1.99. The van der Waals surface area contributed by atoms with Crippen molar-refractivity contribution in [2.75, 3.05) is 0 Å². The smallest absolute Gasteiger partial charge is 0.122 e. The van der Waals surface area contributed by atoms with Crippen LogP contribution in [0, 0.1) is 0 Å². The van der Waals surface area contributed by atoms with Gasteiger partial charge in [0.25, 0.3) is 0 Å². The molecule has 0 aromatic heterocycles. The molecule has 0 saturated heterocycles. The fourth-order valence-electron chi connectivity index (χ4n) is 1.01. The first-order valence-electron chi connectivity index (χ1n) is 3.86. The summed E-state index contributed by atoms with van der Waals surface area (Å²) < 4.78 is 0. The second-order valence-corrected chi connectivity index (χ2v) is 2.52. The molecule has 0 amide bonds. The maximum atomic E-state index is 9.38. The van der Waals surface area contributed by atoms with Crippen LogP contribution in [0.1, 0.15) is 18.1 Å². The van der Waals surface area contributed by atoms with E-state index in [2.05, 4.69) is 6.58 Å². The SMILES string of the molecule is C=Cc1ccc(O)c(/C=C\C)c1. The Morgan fingerprint density at radius 2 is 2.17 bits per heavy atom. The lowest BCUT2D eigenvalue weighted by atomic mass is 10.1. The van der Waals surface area contributed by atoms with Gasteiger partial charge in [0, 0.05) is 5.56 Å². The molecule has 1 aromatic carbocycles. The van der Waals surface area contributed by atoms with Gasteiger partial charge in [0.2, 0.25) is 0 Å². The lowest BCUT2D eigenvalue weighted by molar-refractivity contribution is 0.474. The van der Waals surface area contributed by atoms with Crippen molar-refractivity contribution in [3.05, 3.63) is 42.0 Å². The van der Waals surface area contributed by atoms with Crippen molar-refractivity contribution >= 4 is 12.2 Å². The van der Waals surface area contributed by atoms with Gasteiger partial charge in [-0.1, -0.05) is 30.9 Å². The molecule has 0 radical (unpaired) electrons. The van der Waals surface area contributed by atoms with Crippen LogP contribution in [-0.2, 0) is 0 Å². The van der Waals surface area contributed by atoms with Crippen LogP contribution in [0.15, 0.2) is 30.9 Å². The molecule has 0 atom stereocenters. The summed E-state index contributed by atoms with van der Waals surface area (Å²) in [5, 5.41) is 9.38. The normalized spacial score (nSPS) is 10.4. The average Bonchev–Trinajstić information content (AvgIpc) is 2.09. The third-order valence-corrected chi connectivity index (χ3v) is 1.63. The Hall–Kier alpha value is -1.50. The highest BCUT2D eigenvalue weighted by molar-refractivity contribution is 5.62. The first-order valence-corrected chi connectivity index (χ1v) is 3.86. The molecule has 62 valence electrons. The van der Waals surface area contributed by atoms with Crippen LogP contribution in [0.5, 0.6) is 5.75 Å². The van der Waals surface area contributed by atoms with E-state index in [9.17, 15) is 5.11 Å². The highest BCUT2D eigenvalue weighted by Crippen LogP contribution is 2.20. The molecule has 1 N–H and O–H groups in total. The molecule has 1 heteroatoms.